The fraction of sp³-hybridized carbons (Fsp3) is 0.222. The van der Waals surface area contributed by atoms with Gasteiger partial charge in [0, 0.05) is 25.2 Å². The molecule has 0 fully saturated rings. The molecule has 0 bridgehead atoms. The van der Waals surface area contributed by atoms with E-state index in [1.165, 1.54) is 23.1 Å². The summed E-state index contributed by atoms with van der Waals surface area (Å²) in [5.74, 6) is -2.41. The molecule has 5 nitrogen and oxygen atoms in total. The van der Waals surface area contributed by atoms with E-state index in [2.05, 4.69) is 5.32 Å². The average molecular weight is 601 g/mol. The third-order valence-electron chi connectivity index (χ3n) is 6.70. The fourth-order valence-electron chi connectivity index (χ4n) is 4.86. The van der Waals surface area contributed by atoms with Gasteiger partial charge in [-0.3, -0.25) is 15.0 Å². The zero-order chi connectivity index (χ0) is 28.1. The maximum atomic E-state index is 13.9. The van der Waals surface area contributed by atoms with Crippen molar-refractivity contribution in [2.75, 3.05) is 18.0 Å². The van der Waals surface area contributed by atoms with Gasteiger partial charge in [0.2, 0.25) is 0 Å². The number of halogens is 7. The van der Waals surface area contributed by atoms with Gasteiger partial charge in [0.05, 0.1) is 26.4 Å². The van der Waals surface area contributed by atoms with Crippen LogP contribution in [0.3, 0.4) is 0 Å². The minimum absolute atomic E-state index is 0.127. The molecule has 12 heteroatoms. The standard InChI is InChI=1S/C27H20Cl3F4N3O2/c28-20-2-1-3-21(29)24(20)37-23-11-15(14-6-8-36(9-7-14)25(38)27(32,33)34)10-18(19(23)13-35-26(37)39)17-5-4-16(31)12-22(17)30/h1-6,10-12,26,35,39H,7-9,13H2. The highest BCUT2D eigenvalue weighted by Crippen LogP contribution is 2.46. The molecule has 3 aromatic rings. The minimum Gasteiger partial charge on any atom is -0.361 e. The lowest BCUT2D eigenvalue weighted by Gasteiger charge is -2.39. The van der Waals surface area contributed by atoms with Crippen molar-refractivity contribution in [3.05, 3.63) is 86.6 Å². The SMILES string of the molecule is O=C(N1CC=C(c2cc(-c3ccc(F)cc3Cl)c3c(c2)N(c2c(Cl)cccc2Cl)C(O)NC3)CC1)C(F)(F)F. The van der Waals surface area contributed by atoms with Gasteiger partial charge in [-0.1, -0.05) is 46.9 Å². The van der Waals surface area contributed by atoms with Crippen molar-refractivity contribution in [3.63, 3.8) is 0 Å². The molecule has 204 valence electrons. The molecule has 1 atom stereocenters. The zero-order valence-electron chi connectivity index (χ0n) is 20.0. The summed E-state index contributed by atoms with van der Waals surface area (Å²) >= 11 is 19.4. The number of carbonyl (C=O) groups is 1. The van der Waals surface area contributed by atoms with Crippen molar-refractivity contribution < 1.29 is 27.5 Å². The molecule has 0 aliphatic carbocycles. The summed E-state index contributed by atoms with van der Waals surface area (Å²) in [6, 6.07) is 12.5. The van der Waals surface area contributed by atoms with Crippen LogP contribution in [-0.4, -0.2) is 41.5 Å². The predicted octanol–water partition coefficient (Wildman–Crippen LogP) is 7.15. The Hall–Kier alpha value is -2.82. The van der Waals surface area contributed by atoms with Crippen LogP contribution in [0.2, 0.25) is 15.1 Å². The minimum atomic E-state index is -4.96. The second-order valence-corrected chi connectivity index (χ2v) is 10.3. The van der Waals surface area contributed by atoms with Gasteiger partial charge >= 0.3 is 12.1 Å². The Bertz CT molecular complexity index is 1480. The largest absolute Gasteiger partial charge is 0.471 e. The van der Waals surface area contributed by atoms with Gasteiger partial charge in [-0.2, -0.15) is 13.2 Å². The lowest BCUT2D eigenvalue weighted by Crippen LogP contribution is -2.47. The van der Waals surface area contributed by atoms with E-state index in [-0.39, 0.29) is 41.1 Å². The smallest absolute Gasteiger partial charge is 0.361 e. The summed E-state index contributed by atoms with van der Waals surface area (Å²) in [6.07, 6.45) is -4.45. The third kappa shape index (κ3) is 5.34. The van der Waals surface area contributed by atoms with Crippen LogP contribution in [0.1, 0.15) is 17.5 Å². The number of aliphatic hydroxyl groups is 1. The van der Waals surface area contributed by atoms with Gasteiger partial charge in [-0.15, -0.1) is 0 Å². The van der Waals surface area contributed by atoms with Crippen LogP contribution < -0.4 is 10.2 Å². The van der Waals surface area contributed by atoms with E-state index in [4.69, 9.17) is 34.8 Å². The van der Waals surface area contributed by atoms with Crippen molar-refractivity contribution in [2.45, 2.75) is 25.5 Å². The summed E-state index contributed by atoms with van der Waals surface area (Å²) in [7, 11) is 0. The molecule has 39 heavy (non-hydrogen) atoms. The topological polar surface area (TPSA) is 55.8 Å². The molecule has 0 radical (unpaired) electrons. The number of amides is 1. The second kappa shape index (κ2) is 10.6. The molecule has 1 amide bonds. The second-order valence-electron chi connectivity index (χ2n) is 9.07. The summed E-state index contributed by atoms with van der Waals surface area (Å²) in [5, 5.41) is 14.7. The quantitative estimate of drug-likeness (QED) is 0.314. The first kappa shape index (κ1) is 27.7. The number of para-hydroxylation sites is 1. The molecule has 1 unspecified atom stereocenters. The van der Waals surface area contributed by atoms with Crippen molar-refractivity contribution in [1.82, 2.24) is 10.2 Å². The van der Waals surface area contributed by atoms with Crippen LogP contribution in [0.15, 0.2) is 54.6 Å². The Kier molecular flexibility index (Phi) is 7.56. The molecule has 0 spiro atoms. The van der Waals surface area contributed by atoms with Gasteiger partial charge < -0.3 is 10.0 Å². The maximum Gasteiger partial charge on any atom is 0.471 e. The van der Waals surface area contributed by atoms with E-state index in [1.54, 1.807) is 30.3 Å². The van der Waals surface area contributed by atoms with E-state index in [1.807, 2.05) is 6.07 Å². The summed E-state index contributed by atoms with van der Waals surface area (Å²) < 4.78 is 52.7. The highest BCUT2D eigenvalue weighted by molar-refractivity contribution is 6.39. The maximum absolute atomic E-state index is 13.9. The number of hydrogen-bond donors (Lipinski definition) is 2. The Labute approximate surface area is 236 Å². The van der Waals surface area contributed by atoms with E-state index in [0.29, 0.717) is 39.2 Å². The summed E-state index contributed by atoms with van der Waals surface area (Å²) in [4.78, 5) is 14.0. The lowest BCUT2D eigenvalue weighted by molar-refractivity contribution is -0.185. The average Bonchev–Trinajstić information content (AvgIpc) is 2.88. The van der Waals surface area contributed by atoms with Crippen LogP contribution in [0, 0.1) is 5.82 Å². The molecule has 5 rings (SSSR count). The van der Waals surface area contributed by atoms with E-state index >= 15 is 0 Å². The van der Waals surface area contributed by atoms with Crippen LogP contribution in [0.4, 0.5) is 28.9 Å². The van der Waals surface area contributed by atoms with Crippen LogP contribution in [0.5, 0.6) is 0 Å². The number of alkyl halides is 3. The number of carbonyl (C=O) groups excluding carboxylic acids is 1. The Morgan fingerprint density at radius 1 is 1.00 bits per heavy atom. The molecular weight excluding hydrogens is 581 g/mol. The number of fused-ring (bicyclic) bond motifs is 1. The number of anilines is 2. The number of benzene rings is 3. The zero-order valence-corrected chi connectivity index (χ0v) is 22.3. The van der Waals surface area contributed by atoms with Crippen LogP contribution >= 0.6 is 34.8 Å². The Morgan fingerprint density at radius 3 is 2.33 bits per heavy atom. The Balaban J connectivity index is 1.68. The monoisotopic (exact) mass is 599 g/mol. The molecule has 0 saturated carbocycles. The first-order chi connectivity index (χ1) is 18.5. The number of rotatable bonds is 3. The van der Waals surface area contributed by atoms with Gasteiger partial charge in [-0.25, -0.2) is 4.39 Å². The molecule has 2 N–H and O–H groups in total. The van der Waals surface area contributed by atoms with Crippen LogP contribution in [0.25, 0.3) is 16.7 Å². The number of nitrogens with one attached hydrogen (secondary N) is 1. The van der Waals surface area contributed by atoms with Crippen LogP contribution in [-0.2, 0) is 11.3 Å². The van der Waals surface area contributed by atoms with Gasteiger partial charge in [-0.05, 0) is 71.1 Å². The van der Waals surface area contributed by atoms with Crippen molar-refractivity contribution in [1.29, 1.82) is 0 Å². The molecule has 0 saturated heterocycles. The molecule has 2 aliphatic heterocycles. The number of hydrogen-bond acceptors (Lipinski definition) is 4. The van der Waals surface area contributed by atoms with Crippen molar-refractivity contribution in [3.8, 4) is 11.1 Å². The predicted molar refractivity (Wildman–Crippen MR) is 144 cm³/mol. The highest BCUT2D eigenvalue weighted by Gasteiger charge is 2.42. The molecular formula is C27H20Cl3F4N3O2. The van der Waals surface area contributed by atoms with E-state index in [0.717, 1.165) is 4.90 Å². The first-order valence-electron chi connectivity index (χ1n) is 11.8. The van der Waals surface area contributed by atoms with Crippen molar-refractivity contribution >= 4 is 57.7 Å². The lowest BCUT2D eigenvalue weighted by atomic mass is 9.89. The van der Waals surface area contributed by atoms with Gasteiger partial charge in [0.1, 0.15) is 5.82 Å². The van der Waals surface area contributed by atoms with Gasteiger partial charge in [0.15, 0.2) is 6.35 Å². The third-order valence-corrected chi connectivity index (χ3v) is 7.62. The first-order valence-corrected chi connectivity index (χ1v) is 12.9. The molecule has 0 aromatic heterocycles. The van der Waals surface area contributed by atoms with Gasteiger partial charge in [0.25, 0.3) is 0 Å². The summed E-state index contributed by atoms with van der Waals surface area (Å²) in [5.41, 5.74) is 4.04. The van der Waals surface area contributed by atoms with Crippen molar-refractivity contribution in [2.24, 2.45) is 0 Å². The molecule has 2 aliphatic rings. The Morgan fingerprint density at radius 2 is 1.72 bits per heavy atom. The normalized spacial score (nSPS) is 17.6. The van der Waals surface area contributed by atoms with E-state index in [9.17, 15) is 27.5 Å². The fourth-order valence-corrected chi connectivity index (χ4v) is 5.71. The van der Waals surface area contributed by atoms with E-state index < -0.39 is 24.3 Å². The molecule has 3 aromatic carbocycles. The highest BCUT2D eigenvalue weighted by atomic mass is 35.5. The molecule has 2 heterocycles. The number of aliphatic hydroxyl groups excluding tert-OH is 1. The number of nitrogens with zero attached hydrogens (tertiary/aromatic N) is 2. The summed E-state index contributed by atoms with van der Waals surface area (Å²) in [6.45, 7) is -0.134.